The number of hydrogen-bond acceptors (Lipinski definition) is 3. The lowest BCUT2D eigenvalue weighted by Crippen LogP contribution is -2.27. The number of carbonyl (C=O) groups is 1. The van der Waals surface area contributed by atoms with Crippen molar-refractivity contribution in [2.75, 3.05) is 23.7 Å². The Balaban J connectivity index is 1.64. The van der Waals surface area contributed by atoms with Crippen LogP contribution in [0.3, 0.4) is 0 Å². The standard InChI is InChI=1S/C19H22N2O3S/c1-14-4-3-5-15(12-14)8-10-20-19(22)17-6-7-18-16(13-17)9-11-21(18)25(2,23)24/h3-7,12-13H,8-11H2,1-2H3,(H,20,22). The van der Waals surface area contributed by atoms with E-state index in [1.165, 1.54) is 21.7 Å². The first kappa shape index (κ1) is 17.5. The minimum Gasteiger partial charge on any atom is -0.352 e. The maximum absolute atomic E-state index is 12.3. The van der Waals surface area contributed by atoms with Crippen molar-refractivity contribution in [2.45, 2.75) is 19.8 Å². The van der Waals surface area contributed by atoms with Crippen LogP contribution < -0.4 is 9.62 Å². The zero-order valence-electron chi connectivity index (χ0n) is 14.5. The first-order chi connectivity index (χ1) is 11.8. The Bertz CT molecular complexity index is 907. The van der Waals surface area contributed by atoms with Crippen LogP contribution in [0.2, 0.25) is 0 Å². The summed E-state index contributed by atoms with van der Waals surface area (Å²) >= 11 is 0. The van der Waals surface area contributed by atoms with Crippen molar-refractivity contribution in [2.24, 2.45) is 0 Å². The smallest absolute Gasteiger partial charge is 0.251 e. The van der Waals surface area contributed by atoms with Gasteiger partial charge in [-0.1, -0.05) is 29.8 Å². The highest BCUT2D eigenvalue weighted by molar-refractivity contribution is 7.92. The Morgan fingerprint density at radius 2 is 2.00 bits per heavy atom. The Morgan fingerprint density at radius 1 is 1.20 bits per heavy atom. The van der Waals surface area contributed by atoms with Gasteiger partial charge in [-0.05, 0) is 49.1 Å². The van der Waals surface area contributed by atoms with Crippen LogP contribution in [0, 0.1) is 6.92 Å². The molecule has 1 N–H and O–H groups in total. The first-order valence-corrected chi connectivity index (χ1v) is 10.1. The molecule has 1 amide bonds. The van der Waals surface area contributed by atoms with Gasteiger partial charge in [-0.15, -0.1) is 0 Å². The molecule has 0 fully saturated rings. The zero-order valence-corrected chi connectivity index (χ0v) is 15.3. The van der Waals surface area contributed by atoms with E-state index in [1.54, 1.807) is 18.2 Å². The molecule has 2 aromatic carbocycles. The van der Waals surface area contributed by atoms with E-state index in [2.05, 4.69) is 11.4 Å². The molecule has 25 heavy (non-hydrogen) atoms. The van der Waals surface area contributed by atoms with Gasteiger partial charge in [0.25, 0.3) is 5.91 Å². The van der Waals surface area contributed by atoms with Crippen LogP contribution in [-0.2, 0) is 22.9 Å². The Kier molecular flexibility index (Phi) is 4.81. The van der Waals surface area contributed by atoms with Gasteiger partial charge in [0.1, 0.15) is 0 Å². The maximum atomic E-state index is 12.3. The molecule has 0 bridgehead atoms. The second-order valence-electron chi connectivity index (χ2n) is 6.42. The molecule has 0 saturated carbocycles. The summed E-state index contributed by atoms with van der Waals surface area (Å²) in [6.07, 6.45) is 2.61. The summed E-state index contributed by atoms with van der Waals surface area (Å²) in [5.41, 5.74) is 4.55. The lowest BCUT2D eigenvalue weighted by Gasteiger charge is -2.16. The number of anilines is 1. The van der Waals surface area contributed by atoms with Gasteiger partial charge in [0.2, 0.25) is 10.0 Å². The Hall–Kier alpha value is -2.34. The fraction of sp³-hybridized carbons (Fsp3) is 0.316. The maximum Gasteiger partial charge on any atom is 0.251 e. The molecular formula is C19H22N2O3S. The largest absolute Gasteiger partial charge is 0.352 e. The predicted octanol–water partition coefficient (Wildman–Crippen LogP) is 2.29. The van der Waals surface area contributed by atoms with Crippen molar-refractivity contribution >= 4 is 21.6 Å². The molecule has 0 radical (unpaired) electrons. The molecule has 0 unspecified atom stereocenters. The van der Waals surface area contributed by atoms with Crippen molar-refractivity contribution in [3.63, 3.8) is 0 Å². The number of nitrogens with zero attached hydrogens (tertiary/aromatic N) is 1. The predicted molar refractivity (Wildman–Crippen MR) is 99.6 cm³/mol. The molecule has 5 nitrogen and oxygen atoms in total. The van der Waals surface area contributed by atoms with Gasteiger partial charge in [0.15, 0.2) is 0 Å². The highest BCUT2D eigenvalue weighted by atomic mass is 32.2. The van der Waals surface area contributed by atoms with Gasteiger partial charge >= 0.3 is 0 Å². The molecule has 0 spiro atoms. The molecule has 1 heterocycles. The molecule has 3 rings (SSSR count). The molecule has 0 saturated heterocycles. The van der Waals surface area contributed by atoms with Gasteiger partial charge in [-0.3, -0.25) is 9.10 Å². The van der Waals surface area contributed by atoms with E-state index in [-0.39, 0.29) is 5.91 Å². The third-order valence-electron chi connectivity index (χ3n) is 4.38. The van der Waals surface area contributed by atoms with Crippen LogP contribution in [0.15, 0.2) is 42.5 Å². The molecule has 0 aliphatic carbocycles. The minimum absolute atomic E-state index is 0.131. The number of amides is 1. The number of benzene rings is 2. The van der Waals surface area contributed by atoms with E-state index < -0.39 is 10.0 Å². The van der Waals surface area contributed by atoms with Gasteiger partial charge in [-0.2, -0.15) is 0 Å². The molecule has 0 aromatic heterocycles. The van der Waals surface area contributed by atoms with Gasteiger partial charge < -0.3 is 5.32 Å². The van der Waals surface area contributed by atoms with Gasteiger partial charge in [-0.25, -0.2) is 8.42 Å². The molecule has 0 atom stereocenters. The molecule has 132 valence electrons. The number of rotatable bonds is 5. The number of hydrogen-bond donors (Lipinski definition) is 1. The quantitative estimate of drug-likeness (QED) is 0.892. The van der Waals surface area contributed by atoms with Crippen molar-refractivity contribution in [3.8, 4) is 0 Å². The summed E-state index contributed by atoms with van der Waals surface area (Å²) in [5.74, 6) is -0.131. The van der Waals surface area contributed by atoms with Crippen LogP contribution in [-0.4, -0.2) is 33.7 Å². The minimum atomic E-state index is -3.26. The summed E-state index contributed by atoms with van der Waals surface area (Å²) in [7, 11) is -3.26. The van der Waals surface area contributed by atoms with Crippen LogP contribution in [0.4, 0.5) is 5.69 Å². The highest BCUT2D eigenvalue weighted by Gasteiger charge is 2.26. The average Bonchev–Trinajstić information content (AvgIpc) is 2.98. The van der Waals surface area contributed by atoms with E-state index in [0.29, 0.717) is 30.8 Å². The summed E-state index contributed by atoms with van der Waals surface area (Å²) < 4.78 is 24.9. The van der Waals surface area contributed by atoms with Crippen LogP contribution >= 0.6 is 0 Å². The van der Waals surface area contributed by atoms with E-state index >= 15 is 0 Å². The number of fused-ring (bicyclic) bond motifs is 1. The summed E-state index contributed by atoms with van der Waals surface area (Å²) in [6.45, 7) is 3.05. The average molecular weight is 358 g/mol. The fourth-order valence-corrected chi connectivity index (χ4v) is 4.11. The van der Waals surface area contributed by atoms with E-state index in [1.807, 2.05) is 25.1 Å². The fourth-order valence-electron chi connectivity index (χ4n) is 3.15. The van der Waals surface area contributed by atoms with E-state index in [9.17, 15) is 13.2 Å². The highest BCUT2D eigenvalue weighted by Crippen LogP contribution is 2.30. The second kappa shape index (κ2) is 6.88. The molecule has 1 aliphatic rings. The van der Waals surface area contributed by atoms with Crippen LogP contribution in [0.5, 0.6) is 0 Å². The Morgan fingerprint density at radius 3 is 2.72 bits per heavy atom. The van der Waals surface area contributed by atoms with Crippen molar-refractivity contribution < 1.29 is 13.2 Å². The van der Waals surface area contributed by atoms with Gasteiger partial charge in [0, 0.05) is 18.7 Å². The number of carbonyl (C=O) groups excluding carboxylic acids is 1. The summed E-state index contributed by atoms with van der Waals surface area (Å²) in [6, 6.07) is 13.4. The molecule has 2 aromatic rings. The SMILES string of the molecule is Cc1cccc(CCNC(=O)c2ccc3c(c2)CCN3S(C)(=O)=O)c1. The number of nitrogens with one attached hydrogen (secondary N) is 1. The molecule has 6 heteroatoms. The van der Waals surface area contributed by atoms with E-state index in [0.717, 1.165) is 12.0 Å². The van der Waals surface area contributed by atoms with Crippen molar-refractivity contribution in [1.82, 2.24) is 5.32 Å². The molecule has 1 aliphatic heterocycles. The third kappa shape index (κ3) is 4.02. The summed E-state index contributed by atoms with van der Waals surface area (Å²) in [4.78, 5) is 12.3. The van der Waals surface area contributed by atoms with Crippen molar-refractivity contribution in [1.29, 1.82) is 0 Å². The number of sulfonamides is 1. The van der Waals surface area contributed by atoms with Crippen molar-refractivity contribution in [3.05, 3.63) is 64.7 Å². The lowest BCUT2D eigenvalue weighted by atomic mass is 10.1. The second-order valence-corrected chi connectivity index (χ2v) is 8.33. The monoisotopic (exact) mass is 358 g/mol. The van der Waals surface area contributed by atoms with Crippen LogP contribution in [0.1, 0.15) is 27.0 Å². The van der Waals surface area contributed by atoms with Gasteiger partial charge in [0.05, 0.1) is 11.9 Å². The zero-order chi connectivity index (χ0) is 18.0. The lowest BCUT2D eigenvalue weighted by molar-refractivity contribution is 0.0954. The third-order valence-corrected chi connectivity index (χ3v) is 5.56. The molecular weight excluding hydrogens is 336 g/mol. The number of aryl methyl sites for hydroxylation is 1. The van der Waals surface area contributed by atoms with E-state index in [4.69, 9.17) is 0 Å². The Labute approximate surface area is 148 Å². The topological polar surface area (TPSA) is 66.5 Å². The first-order valence-electron chi connectivity index (χ1n) is 8.29. The normalized spacial score (nSPS) is 13.6. The summed E-state index contributed by atoms with van der Waals surface area (Å²) in [5, 5.41) is 2.93. The van der Waals surface area contributed by atoms with Crippen LogP contribution in [0.25, 0.3) is 0 Å².